The molecule has 1 heterocycles. The molecule has 1 fully saturated rings. The van der Waals surface area contributed by atoms with E-state index in [2.05, 4.69) is 5.32 Å². The first kappa shape index (κ1) is 12.4. The van der Waals surface area contributed by atoms with Crippen molar-refractivity contribution in [2.24, 2.45) is 0 Å². The Morgan fingerprint density at radius 1 is 1.53 bits per heavy atom. The Bertz CT molecular complexity index is 199. The van der Waals surface area contributed by atoms with Gasteiger partial charge in [-0.05, 0) is 0 Å². The van der Waals surface area contributed by atoms with E-state index in [1.807, 2.05) is 0 Å². The lowest BCUT2D eigenvalue weighted by Gasteiger charge is -2.10. The van der Waals surface area contributed by atoms with Crippen molar-refractivity contribution in [3.8, 4) is 0 Å². The highest BCUT2D eigenvalue weighted by atomic mass is 16.7. The number of aliphatic carboxylic acids is 1. The van der Waals surface area contributed by atoms with E-state index in [0.29, 0.717) is 26.2 Å². The third-order valence-corrected chi connectivity index (χ3v) is 2.21. The van der Waals surface area contributed by atoms with Gasteiger partial charge in [-0.15, -0.1) is 0 Å². The first-order chi connectivity index (χ1) is 7.24. The Morgan fingerprint density at radius 2 is 2.33 bits per heavy atom. The quantitative estimate of drug-likeness (QED) is 0.441. The number of hydrogen-bond acceptors (Lipinski definition) is 5. The van der Waals surface area contributed by atoms with Crippen LogP contribution in [0.15, 0.2) is 0 Å². The molecule has 2 N–H and O–H groups in total. The predicted octanol–water partition coefficient (Wildman–Crippen LogP) is -0.561. The van der Waals surface area contributed by atoms with Gasteiger partial charge in [0.1, 0.15) is 12.8 Å². The van der Waals surface area contributed by atoms with E-state index in [-0.39, 0.29) is 12.9 Å². The molecule has 0 aromatic rings. The van der Waals surface area contributed by atoms with E-state index >= 15 is 0 Å². The van der Waals surface area contributed by atoms with E-state index in [1.54, 1.807) is 7.11 Å². The maximum absolute atomic E-state index is 10.6. The van der Waals surface area contributed by atoms with Crippen LogP contribution in [0.25, 0.3) is 0 Å². The predicted molar refractivity (Wildman–Crippen MR) is 51.6 cm³/mol. The summed E-state index contributed by atoms with van der Waals surface area (Å²) in [6.07, 6.45) is 0.414. The zero-order valence-corrected chi connectivity index (χ0v) is 8.77. The Balaban J connectivity index is 2.01. The first-order valence-corrected chi connectivity index (χ1v) is 4.88. The van der Waals surface area contributed by atoms with Gasteiger partial charge < -0.3 is 24.6 Å². The summed E-state index contributed by atoms with van der Waals surface area (Å²) < 4.78 is 15.2. The number of carboxylic acid groups (broad SMARTS) is 1. The van der Waals surface area contributed by atoms with Crippen molar-refractivity contribution in [2.75, 3.05) is 33.7 Å². The lowest BCUT2D eigenvalue weighted by Crippen LogP contribution is -2.29. The number of nitrogens with one attached hydrogen (secondary N) is 1. The van der Waals surface area contributed by atoms with Crippen LogP contribution < -0.4 is 5.32 Å². The van der Waals surface area contributed by atoms with E-state index in [0.717, 1.165) is 0 Å². The Morgan fingerprint density at radius 3 is 2.93 bits per heavy atom. The Kier molecular flexibility index (Phi) is 5.56. The second kappa shape index (κ2) is 6.73. The number of carbonyl (C=O) groups is 1. The Hall–Kier alpha value is -0.690. The van der Waals surface area contributed by atoms with Crippen LogP contribution in [-0.2, 0) is 19.0 Å². The number of hydrogen-bond donors (Lipinski definition) is 2. The molecule has 2 atom stereocenters. The molecular formula is C9H17NO5. The minimum atomic E-state index is -0.832. The topological polar surface area (TPSA) is 77.0 Å². The fourth-order valence-electron chi connectivity index (χ4n) is 1.36. The zero-order valence-electron chi connectivity index (χ0n) is 8.77. The van der Waals surface area contributed by atoms with Gasteiger partial charge in [-0.25, -0.2) is 0 Å². The van der Waals surface area contributed by atoms with Crippen molar-refractivity contribution in [3.05, 3.63) is 0 Å². The van der Waals surface area contributed by atoms with E-state index in [4.69, 9.17) is 19.3 Å². The van der Waals surface area contributed by atoms with Gasteiger partial charge in [0, 0.05) is 20.1 Å². The average Bonchev–Trinajstić information content (AvgIpc) is 2.66. The molecule has 0 spiro atoms. The molecule has 88 valence electrons. The molecule has 1 rings (SSSR count). The molecule has 0 radical (unpaired) electrons. The van der Waals surface area contributed by atoms with Gasteiger partial charge >= 0.3 is 5.97 Å². The summed E-state index contributed by atoms with van der Waals surface area (Å²) in [7, 11) is 1.60. The highest BCUT2D eigenvalue weighted by Gasteiger charge is 2.29. The maximum atomic E-state index is 10.6. The summed E-state index contributed by atoms with van der Waals surface area (Å²) in [5.74, 6) is -0.832. The van der Waals surface area contributed by atoms with Gasteiger partial charge in [0.2, 0.25) is 0 Å². The van der Waals surface area contributed by atoms with Crippen molar-refractivity contribution >= 4 is 5.97 Å². The van der Waals surface area contributed by atoms with Crippen LogP contribution in [0.1, 0.15) is 6.42 Å². The van der Waals surface area contributed by atoms with Crippen LogP contribution in [0.2, 0.25) is 0 Å². The molecule has 0 amide bonds. The molecule has 1 aliphatic heterocycles. The number of rotatable bonds is 7. The number of ether oxygens (including phenoxy) is 3. The monoisotopic (exact) mass is 219 g/mol. The van der Waals surface area contributed by atoms with Gasteiger partial charge in [-0.3, -0.25) is 4.79 Å². The average molecular weight is 219 g/mol. The van der Waals surface area contributed by atoms with Crippen LogP contribution in [-0.4, -0.2) is 56.9 Å². The summed E-state index contributed by atoms with van der Waals surface area (Å²) in [6, 6.07) is -0.492. The summed E-state index contributed by atoms with van der Waals surface area (Å²) in [6.45, 7) is 1.76. The van der Waals surface area contributed by atoms with Crippen molar-refractivity contribution in [3.63, 3.8) is 0 Å². The van der Waals surface area contributed by atoms with Crippen molar-refractivity contribution in [1.29, 1.82) is 0 Å². The molecule has 1 aliphatic rings. The van der Waals surface area contributed by atoms with Crippen molar-refractivity contribution < 1.29 is 24.1 Å². The molecule has 0 unspecified atom stereocenters. The van der Waals surface area contributed by atoms with Crippen molar-refractivity contribution in [1.82, 2.24) is 5.32 Å². The minimum absolute atomic E-state index is 0.0753. The zero-order chi connectivity index (χ0) is 11.1. The fourth-order valence-corrected chi connectivity index (χ4v) is 1.36. The normalized spacial score (nSPS) is 25.7. The van der Waals surface area contributed by atoms with Gasteiger partial charge in [0.05, 0.1) is 19.3 Å². The molecule has 6 heteroatoms. The van der Waals surface area contributed by atoms with Crippen LogP contribution in [0.5, 0.6) is 0 Å². The number of methoxy groups -OCH3 is 1. The second-order valence-corrected chi connectivity index (χ2v) is 3.34. The third kappa shape index (κ3) is 4.57. The number of carboxylic acids is 1. The SMILES string of the molecule is COCCOCO[C@H]1CN[C@H](C(=O)O)C1. The van der Waals surface area contributed by atoms with Crippen LogP contribution in [0.4, 0.5) is 0 Å². The van der Waals surface area contributed by atoms with E-state index in [1.165, 1.54) is 0 Å². The van der Waals surface area contributed by atoms with Gasteiger partial charge in [0.25, 0.3) is 0 Å². The highest BCUT2D eigenvalue weighted by Crippen LogP contribution is 2.10. The molecule has 0 aliphatic carbocycles. The fraction of sp³-hybridized carbons (Fsp3) is 0.889. The lowest BCUT2D eigenvalue weighted by molar-refractivity contribution is -0.139. The van der Waals surface area contributed by atoms with Crippen LogP contribution >= 0.6 is 0 Å². The van der Waals surface area contributed by atoms with Crippen molar-refractivity contribution in [2.45, 2.75) is 18.6 Å². The molecule has 15 heavy (non-hydrogen) atoms. The molecule has 1 saturated heterocycles. The lowest BCUT2D eigenvalue weighted by atomic mass is 10.2. The first-order valence-electron chi connectivity index (χ1n) is 4.88. The second-order valence-electron chi connectivity index (χ2n) is 3.34. The van der Waals surface area contributed by atoms with E-state index < -0.39 is 12.0 Å². The summed E-state index contributed by atoms with van der Waals surface area (Å²) >= 11 is 0. The van der Waals surface area contributed by atoms with Crippen LogP contribution in [0, 0.1) is 0 Å². The molecular weight excluding hydrogens is 202 g/mol. The Labute approximate surface area is 88.5 Å². The van der Waals surface area contributed by atoms with Crippen LogP contribution in [0.3, 0.4) is 0 Å². The largest absolute Gasteiger partial charge is 0.480 e. The molecule has 0 aromatic heterocycles. The standard InChI is InChI=1S/C9H17NO5/c1-13-2-3-14-6-15-7-4-8(9(11)12)10-5-7/h7-8,10H,2-6H2,1H3,(H,11,12)/t7-,8+/m1/s1. The van der Waals surface area contributed by atoms with Gasteiger partial charge in [0.15, 0.2) is 0 Å². The van der Waals surface area contributed by atoms with E-state index in [9.17, 15) is 4.79 Å². The maximum Gasteiger partial charge on any atom is 0.320 e. The molecule has 0 bridgehead atoms. The van der Waals surface area contributed by atoms with Gasteiger partial charge in [-0.1, -0.05) is 0 Å². The third-order valence-electron chi connectivity index (χ3n) is 2.21. The summed E-state index contributed by atoms with van der Waals surface area (Å²) in [5, 5.41) is 11.6. The minimum Gasteiger partial charge on any atom is -0.480 e. The molecule has 0 aromatic carbocycles. The smallest absolute Gasteiger partial charge is 0.320 e. The molecule has 0 saturated carbocycles. The summed E-state index contributed by atoms with van der Waals surface area (Å²) in [4.78, 5) is 10.6. The molecule has 6 nitrogen and oxygen atoms in total. The summed E-state index contributed by atoms with van der Waals surface area (Å²) in [5.41, 5.74) is 0. The van der Waals surface area contributed by atoms with Gasteiger partial charge in [-0.2, -0.15) is 0 Å². The highest BCUT2D eigenvalue weighted by molar-refractivity contribution is 5.73.